The van der Waals surface area contributed by atoms with Crippen LogP contribution in [0.3, 0.4) is 0 Å². The van der Waals surface area contributed by atoms with Crippen molar-refractivity contribution in [3.63, 3.8) is 0 Å². The van der Waals surface area contributed by atoms with Crippen molar-refractivity contribution < 1.29 is 40.6 Å². The fourth-order valence-electron chi connectivity index (χ4n) is 6.41. The maximum Gasteiger partial charge on any atom is 0.434 e. The first-order chi connectivity index (χ1) is 17.8. The first kappa shape index (κ1) is 27.4. The van der Waals surface area contributed by atoms with Gasteiger partial charge in [-0.15, -0.1) is 0 Å². The molecule has 0 bridgehead atoms. The van der Waals surface area contributed by atoms with Gasteiger partial charge in [-0.25, -0.2) is 4.79 Å². The molecular weight excluding hydrogens is 516 g/mol. The number of hydrogen-bond donors (Lipinski definition) is 0. The Morgan fingerprint density at radius 3 is 2.24 bits per heavy atom. The fourth-order valence-corrected chi connectivity index (χ4v) is 6.41. The van der Waals surface area contributed by atoms with Gasteiger partial charge in [-0.3, -0.25) is 4.90 Å². The summed E-state index contributed by atoms with van der Waals surface area (Å²) >= 11 is 0. The first-order valence-electron chi connectivity index (χ1n) is 13.1. The number of aryl methyl sites for hydroxylation is 1. The molecule has 0 N–H and O–H groups in total. The van der Waals surface area contributed by atoms with Crippen LogP contribution in [0.1, 0.15) is 30.4 Å². The highest BCUT2D eigenvalue weighted by atomic mass is 19.4. The van der Waals surface area contributed by atoms with Crippen molar-refractivity contribution in [2.75, 3.05) is 57.4 Å². The Kier molecular flexibility index (Phi) is 7.25. The Morgan fingerprint density at radius 2 is 1.63 bits per heavy atom. The van der Waals surface area contributed by atoms with Gasteiger partial charge < -0.3 is 19.3 Å². The van der Waals surface area contributed by atoms with Crippen LogP contribution in [0, 0.1) is 24.2 Å². The monoisotopic (exact) mass is 549 g/mol. The number of halogens is 6. The molecule has 0 radical (unpaired) electrons. The van der Waals surface area contributed by atoms with Gasteiger partial charge in [0.05, 0.1) is 13.2 Å². The molecule has 1 aromatic carbocycles. The quantitative estimate of drug-likeness (QED) is 0.495. The second-order valence-corrected chi connectivity index (χ2v) is 11.4. The molecule has 38 heavy (non-hydrogen) atoms. The van der Waals surface area contributed by atoms with Crippen molar-refractivity contribution in [1.29, 1.82) is 0 Å². The number of anilines is 1. The van der Waals surface area contributed by atoms with Crippen molar-refractivity contribution in [1.82, 2.24) is 9.80 Å². The number of alkyl halides is 6. The van der Waals surface area contributed by atoms with Crippen LogP contribution in [0.15, 0.2) is 18.2 Å². The van der Waals surface area contributed by atoms with E-state index < -0.39 is 24.5 Å². The van der Waals surface area contributed by atoms with E-state index in [-0.39, 0.29) is 18.5 Å². The van der Waals surface area contributed by atoms with E-state index in [1.807, 2.05) is 0 Å². The Balaban J connectivity index is 1.17. The van der Waals surface area contributed by atoms with Gasteiger partial charge in [-0.05, 0) is 61.9 Å². The zero-order valence-corrected chi connectivity index (χ0v) is 21.3. The van der Waals surface area contributed by atoms with Crippen LogP contribution in [0.4, 0.5) is 36.8 Å². The number of nitrogens with zero attached hydrogens (tertiary/aromatic N) is 3. The van der Waals surface area contributed by atoms with Gasteiger partial charge in [0.15, 0.2) is 0 Å². The van der Waals surface area contributed by atoms with Crippen molar-refractivity contribution in [3.05, 3.63) is 29.3 Å². The summed E-state index contributed by atoms with van der Waals surface area (Å²) in [6, 6.07) is 6.52. The Labute approximate surface area is 217 Å². The number of piperidine rings is 1. The predicted octanol–water partition coefficient (Wildman–Crippen LogP) is 5.00. The summed E-state index contributed by atoms with van der Waals surface area (Å²) in [5.74, 6) is 1.13. The lowest BCUT2D eigenvalue weighted by Gasteiger charge is -2.39. The van der Waals surface area contributed by atoms with Crippen molar-refractivity contribution in [2.45, 2.75) is 51.2 Å². The number of amides is 1. The minimum Gasteiger partial charge on any atom is -0.426 e. The van der Waals surface area contributed by atoms with E-state index in [1.165, 1.54) is 16.8 Å². The molecule has 1 amide bonds. The van der Waals surface area contributed by atoms with Crippen LogP contribution in [-0.2, 0) is 16.0 Å². The van der Waals surface area contributed by atoms with Crippen LogP contribution in [0.25, 0.3) is 0 Å². The number of carbonyl (C=O) groups excluding carboxylic acids is 1. The molecule has 4 fully saturated rings. The summed E-state index contributed by atoms with van der Waals surface area (Å²) in [7, 11) is 0. The van der Waals surface area contributed by atoms with E-state index in [0.29, 0.717) is 31.1 Å². The highest BCUT2D eigenvalue weighted by molar-refractivity contribution is 5.68. The predicted molar refractivity (Wildman–Crippen MR) is 127 cm³/mol. The average molecular weight is 550 g/mol. The van der Waals surface area contributed by atoms with Crippen LogP contribution >= 0.6 is 0 Å². The molecule has 0 saturated carbocycles. The molecule has 4 heterocycles. The Bertz CT molecular complexity index is 998. The molecule has 2 atom stereocenters. The van der Waals surface area contributed by atoms with Gasteiger partial charge in [-0.2, -0.15) is 26.3 Å². The maximum atomic E-state index is 12.8. The third kappa shape index (κ3) is 5.71. The minimum absolute atomic E-state index is 0.0877. The van der Waals surface area contributed by atoms with Crippen LogP contribution in [-0.4, -0.2) is 86.8 Å². The van der Waals surface area contributed by atoms with E-state index in [0.717, 1.165) is 50.8 Å². The van der Waals surface area contributed by atoms with Crippen molar-refractivity contribution in [2.24, 2.45) is 17.3 Å². The lowest BCUT2D eigenvalue weighted by atomic mass is 9.77. The summed E-state index contributed by atoms with van der Waals surface area (Å²) in [5.41, 5.74) is 3.38. The summed E-state index contributed by atoms with van der Waals surface area (Å²) in [4.78, 5) is 18.0. The lowest BCUT2D eigenvalue weighted by Crippen LogP contribution is -2.48. The molecule has 1 aromatic rings. The largest absolute Gasteiger partial charge is 0.434 e. The topological polar surface area (TPSA) is 45.2 Å². The zero-order valence-electron chi connectivity index (χ0n) is 21.3. The SMILES string of the molecule is Cc1ccc(CN2CCC3(CC2)CCN(C(=O)OC(C(F)(F)F)C(F)(F)F)C3)c(N2CC3COCC3C2)c1. The number of benzene rings is 1. The highest BCUT2D eigenvalue weighted by Crippen LogP contribution is 2.43. The number of hydrogen-bond acceptors (Lipinski definition) is 5. The van der Waals surface area contributed by atoms with Gasteiger partial charge in [-0.1, -0.05) is 12.1 Å². The number of ether oxygens (including phenoxy) is 2. The smallest absolute Gasteiger partial charge is 0.426 e. The lowest BCUT2D eigenvalue weighted by molar-refractivity contribution is -0.308. The maximum absolute atomic E-state index is 12.8. The van der Waals surface area contributed by atoms with Crippen LogP contribution in [0.5, 0.6) is 0 Å². The van der Waals surface area contributed by atoms with Gasteiger partial charge in [0.25, 0.3) is 6.10 Å². The number of fused-ring (bicyclic) bond motifs is 1. The molecule has 0 aliphatic carbocycles. The summed E-state index contributed by atoms with van der Waals surface area (Å²) in [6.07, 6.45) is -15.1. The van der Waals surface area contributed by atoms with E-state index in [9.17, 15) is 31.1 Å². The van der Waals surface area contributed by atoms with E-state index in [2.05, 4.69) is 39.7 Å². The van der Waals surface area contributed by atoms with Crippen LogP contribution < -0.4 is 4.90 Å². The first-order valence-corrected chi connectivity index (χ1v) is 13.1. The molecule has 4 saturated heterocycles. The average Bonchev–Trinajstić information content (AvgIpc) is 3.54. The Morgan fingerprint density at radius 1 is 1.03 bits per heavy atom. The molecule has 1 spiro atoms. The molecule has 4 aliphatic heterocycles. The summed E-state index contributed by atoms with van der Waals surface area (Å²) in [5, 5.41) is 0. The molecule has 12 heteroatoms. The van der Waals surface area contributed by atoms with Crippen molar-refractivity contribution in [3.8, 4) is 0 Å². The highest BCUT2D eigenvalue weighted by Gasteiger charge is 2.60. The van der Waals surface area contributed by atoms with Crippen molar-refractivity contribution >= 4 is 11.8 Å². The third-order valence-electron chi connectivity index (χ3n) is 8.64. The molecule has 4 aliphatic rings. The third-order valence-corrected chi connectivity index (χ3v) is 8.64. The standard InChI is InChI=1S/C26H33F6N3O3/c1-17-2-3-18(21(10-17)35-12-19-14-37-15-20(19)13-35)11-33-7-4-24(5-8-33)6-9-34(16-24)23(36)38-22(25(27,28)29)26(30,31)32/h2-3,10,19-20,22H,4-9,11-16H2,1H3. The molecule has 5 rings (SSSR count). The van der Waals surface area contributed by atoms with E-state index in [1.54, 1.807) is 0 Å². The summed E-state index contributed by atoms with van der Waals surface area (Å²) in [6.45, 7) is 8.12. The second kappa shape index (κ2) is 10.1. The minimum atomic E-state index is -5.72. The van der Waals surface area contributed by atoms with E-state index in [4.69, 9.17) is 4.74 Å². The van der Waals surface area contributed by atoms with Gasteiger partial charge in [0, 0.05) is 50.2 Å². The Hall–Kier alpha value is -2.21. The second-order valence-electron chi connectivity index (χ2n) is 11.4. The molecule has 2 unspecified atom stereocenters. The molecule has 212 valence electrons. The van der Waals surface area contributed by atoms with E-state index >= 15 is 0 Å². The number of rotatable bonds is 4. The normalized spacial score (nSPS) is 26.0. The molecule has 6 nitrogen and oxygen atoms in total. The van der Waals surface area contributed by atoms with Gasteiger partial charge in [0.1, 0.15) is 0 Å². The molecule has 0 aromatic heterocycles. The van der Waals surface area contributed by atoms with Gasteiger partial charge in [0.2, 0.25) is 0 Å². The number of likely N-dealkylation sites (tertiary alicyclic amines) is 2. The number of carbonyl (C=O) groups is 1. The van der Waals surface area contributed by atoms with Gasteiger partial charge >= 0.3 is 18.4 Å². The zero-order chi connectivity index (χ0) is 27.3. The van der Waals surface area contributed by atoms with Crippen LogP contribution in [0.2, 0.25) is 0 Å². The summed E-state index contributed by atoms with van der Waals surface area (Å²) < 4.78 is 86.4. The fraction of sp³-hybridized carbons (Fsp3) is 0.731. The molecular formula is C26H33F6N3O3.